The highest BCUT2D eigenvalue weighted by Crippen LogP contribution is 2.39. The Bertz CT molecular complexity index is 577. The summed E-state index contributed by atoms with van der Waals surface area (Å²) < 4.78 is 0.685. The van der Waals surface area contributed by atoms with E-state index in [9.17, 15) is 14.4 Å². The van der Waals surface area contributed by atoms with Gasteiger partial charge in [-0.1, -0.05) is 40.5 Å². The van der Waals surface area contributed by atoms with Crippen molar-refractivity contribution in [2.75, 3.05) is 6.54 Å². The lowest BCUT2D eigenvalue weighted by Gasteiger charge is -2.15. The number of rotatable bonds is 3. The number of fused-ring (bicyclic) bond motifs is 1. The van der Waals surface area contributed by atoms with Gasteiger partial charge >= 0.3 is 0 Å². The number of ketones is 1. The highest BCUT2D eigenvalue weighted by molar-refractivity contribution is 9.10. The van der Waals surface area contributed by atoms with E-state index in [1.165, 1.54) is 0 Å². The minimum absolute atomic E-state index is 0.146. The molecule has 20 heavy (non-hydrogen) atoms. The molecule has 0 N–H and O–H groups in total. The fourth-order valence-electron chi connectivity index (χ4n) is 3.13. The number of amides is 2. The van der Waals surface area contributed by atoms with E-state index in [2.05, 4.69) is 15.9 Å². The average Bonchev–Trinajstić information content (AvgIpc) is 2.99. The zero-order valence-corrected chi connectivity index (χ0v) is 12.4. The number of carbonyl (C=O) groups excluding carboxylic acids is 3. The van der Waals surface area contributed by atoms with E-state index in [1.54, 1.807) is 18.2 Å². The van der Waals surface area contributed by atoms with Gasteiger partial charge in [-0.3, -0.25) is 19.3 Å². The van der Waals surface area contributed by atoms with Crippen LogP contribution < -0.4 is 0 Å². The van der Waals surface area contributed by atoms with Crippen molar-refractivity contribution in [1.29, 1.82) is 0 Å². The second-order valence-electron chi connectivity index (χ2n) is 5.31. The lowest BCUT2D eigenvalue weighted by Crippen LogP contribution is -2.36. The molecule has 1 saturated carbocycles. The summed E-state index contributed by atoms with van der Waals surface area (Å²) in [6.07, 6.45) is 2.47. The van der Waals surface area contributed by atoms with Crippen molar-refractivity contribution >= 4 is 33.5 Å². The molecule has 2 atom stereocenters. The number of hydrogen-bond acceptors (Lipinski definition) is 3. The van der Waals surface area contributed by atoms with Gasteiger partial charge in [-0.2, -0.15) is 0 Å². The molecule has 1 aromatic carbocycles. The maximum Gasteiger partial charge on any atom is 0.233 e. The zero-order chi connectivity index (χ0) is 14.3. The van der Waals surface area contributed by atoms with E-state index in [0.29, 0.717) is 10.0 Å². The van der Waals surface area contributed by atoms with Crippen LogP contribution in [0.1, 0.15) is 29.6 Å². The first-order chi connectivity index (χ1) is 9.59. The Kier molecular flexibility index (Phi) is 3.46. The molecule has 1 saturated heterocycles. The molecule has 104 valence electrons. The van der Waals surface area contributed by atoms with Gasteiger partial charge in [-0.15, -0.1) is 0 Å². The Hall–Kier alpha value is -1.49. The van der Waals surface area contributed by atoms with E-state index in [4.69, 9.17) is 0 Å². The molecule has 0 bridgehead atoms. The highest BCUT2D eigenvalue weighted by Gasteiger charge is 2.49. The fourth-order valence-corrected chi connectivity index (χ4v) is 3.64. The first kappa shape index (κ1) is 13.5. The largest absolute Gasteiger partial charge is 0.292 e. The average molecular weight is 336 g/mol. The van der Waals surface area contributed by atoms with Gasteiger partial charge in [0.2, 0.25) is 11.8 Å². The first-order valence-electron chi connectivity index (χ1n) is 6.72. The molecule has 1 aromatic rings. The van der Waals surface area contributed by atoms with Crippen LogP contribution in [0.5, 0.6) is 0 Å². The quantitative estimate of drug-likeness (QED) is 0.629. The van der Waals surface area contributed by atoms with Crippen LogP contribution in [0, 0.1) is 11.8 Å². The molecule has 0 spiro atoms. The van der Waals surface area contributed by atoms with Crippen LogP contribution in [0.25, 0.3) is 0 Å². The van der Waals surface area contributed by atoms with Crippen molar-refractivity contribution in [3.05, 3.63) is 34.3 Å². The Labute approximate surface area is 125 Å². The van der Waals surface area contributed by atoms with Gasteiger partial charge in [0.1, 0.15) is 0 Å². The summed E-state index contributed by atoms with van der Waals surface area (Å²) in [6, 6.07) is 7.05. The van der Waals surface area contributed by atoms with Crippen LogP contribution in [-0.2, 0) is 9.59 Å². The summed E-state index contributed by atoms with van der Waals surface area (Å²) in [5.74, 6) is -0.918. The van der Waals surface area contributed by atoms with Crippen LogP contribution in [-0.4, -0.2) is 29.0 Å². The van der Waals surface area contributed by atoms with Gasteiger partial charge in [-0.05, 0) is 18.9 Å². The normalized spacial score (nSPS) is 25.1. The number of Topliss-reactive ketones (excluding diaryl/α,β-unsaturated/α-hetero) is 1. The molecular weight excluding hydrogens is 322 g/mol. The number of carbonyl (C=O) groups is 3. The third kappa shape index (κ3) is 2.10. The molecule has 2 fully saturated rings. The Morgan fingerprint density at radius 1 is 1.15 bits per heavy atom. The molecule has 2 aliphatic rings. The van der Waals surface area contributed by atoms with Crippen LogP contribution in [0.4, 0.5) is 0 Å². The summed E-state index contributed by atoms with van der Waals surface area (Å²) in [5.41, 5.74) is 0.505. The molecule has 3 rings (SSSR count). The Morgan fingerprint density at radius 2 is 1.75 bits per heavy atom. The molecule has 4 nitrogen and oxygen atoms in total. The van der Waals surface area contributed by atoms with Crippen molar-refractivity contribution in [1.82, 2.24) is 4.90 Å². The van der Waals surface area contributed by atoms with E-state index < -0.39 is 0 Å². The van der Waals surface area contributed by atoms with Crippen LogP contribution >= 0.6 is 15.9 Å². The van der Waals surface area contributed by atoms with Gasteiger partial charge in [0.25, 0.3) is 0 Å². The molecule has 5 heteroatoms. The van der Waals surface area contributed by atoms with Gasteiger partial charge in [0.05, 0.1) is 18.4 Å². The van der Waals surface area contributed by atoms with Crippen LogP contribution in [0.3, 0.4) is 0 Å². The zero-order valence-electron chi connectivity index (χ0n) is 10.8. The monoisotopic (exact) mass is 335 g/mol. The summed E-state index contributed by atoms with van der Waals surface area (Å²) in [4.78, 5) is 37.8. The van der Waals surface area contributed by atoms with Crippen molar-refractivity contribution in [2.45, 2.75) is 19.3 Å². The van der Waals surface area contributed by atoms with Crippen LogP contribution in [0.15, 0.2) is 28.7 Å². The predicted molar refractivity (Wildman–Crippen MR) is 76.0 cm³/mol. The number of hydrogen-bond donors (Lipinski definition) is 0. The molecule has 1 heterocycles. The second-order valence-corrected chi connectivity index (χ2v) is 6.16. The molecule has 0 aromatic heterocycles. The standard InChI is InChI=1S/C15H14BrNO3/c16-12-7-2-1-4-11(12)13(18)8-17-14(19)9-5-3-6-10(9)15(17)20/h1-2,4,7,9-10H,3,5-6,8H2. The lowest BCUT2D eigenvalue weighted by molar-refractivity contribution is -0.139. The number of nitrogens with zero attached hydrogens (tertiary/aromatic N) is 1. The van der Waals surface area contributed by atoms with Crippen molar-refractivity contribution in [3.63, 3.8) is 0 Å². The summed E-state index contributed by atoms with van der Waals surface area (Å²) in [5, 5.41) is 0. The van der Waals surface area contributed by atoms with Gasteiger partial charge in [-0.25, -0.2) is 0 Å². The van der Waals surface area contributed by atoms with E-state index in [-0.39, 0.29) is 36.0 Å². The fraction of sp³-hybridized carbons (Fsp3) is 0.400. The number of imide groups is 1. The number of benzene rings is 1. The summed E-state index contributed by atoms with van der Waals surface area (Å²) in [6.45, 7) is -0.146. The highest BCUT2D eigenvalue weighted by atomic mass is 79.9. The summed E-state index contributed by atoms with van der Waals surface area (Å²) in [7, 11) is 0. The third-order valence-corrected chi connectivity index (χ3v) is 4.85. The maximum absolute atomic E-state index is 12.3. The van der Waals surface area contributed by atoms with E-state index >= 15 is 0 Å². The Morgan fingerprint density at radius 3 is 2.35 bits per heavy atom. The van der Waals surface area contributed by atoms with Crippen molar-refractivity contribution in [2.24, 2.45) is 11.8 Å². The van der Waals surface area contributed by atoms with Gasteiger partial charge in [0, 0.05) is 10.0 Å². The second kappa shape index (κ2) is 5.13. The SMILES string of the molecule is O=C(CN1C(=O)C2CCCC2C1=O)c1ccccc1Br. The van der Waals surface area contributed by atoms with E-state index in [0.717, 1.165) is 24.2 Å². The minimum atomic E-state index is -0.209. The Balaban J connectivity index is 1.79. The number of likely N-dealkylation sites (tertiary alicyclic amines) is 1. The topological polar surface area (TPSA) is 54.5 Å². The number of halogens is 1. The van der Waals surface area contributed by atoms with Crippen molar-refractivity contribution < 1.29 is 14.4 Å². The smallest absolute Gasteiger partial charge is 0.233 e. The molecular formula is C15H14BrNO3. The van der Waals surface area contributed by atoms with Crippen molar-refractivity contribution in [3.8, 4) is 0 Å². The van der Waals surface area contributed by atoms with Gasteiger partial charge < -0.3 is 0 Å². The molecule has 2 amide bonds. The summed E-state index contributed by atoms with van der Waals surface area (Å²) >= 11 is 3.32. The first-order valence-corrected chi connectivity index (χ1v) is 7.52. The predicted octanol–water partition coefficient (Wildman–Crippen LogP) is 2.42. The lowest BCUT2D eigenvalue weighted by atomic mass is 10.00. The third-order valence-electron chi connectivity index (χ3n) is 4.16. The molecule has 2 unspecified atom stereocenters. The molecule has 1 aliphatic carbocycles. The molecule has 1 aliphatic heterocycles. The van der Waals surface area contributed by atoms with Gasteiger partial charge in [0.15, 0.2) is 5.78 Å². The maximum atomic E-state index is 12.3. The van der Waals surface area contributed by atoms with E-state index in [1.807, 2.05) is 6.07 Å². The molecule has 0 radical (unpaired) electrons. The minimum Gasteiger partial charge on any atom is -0.292 e. The van der Waals surface area contributed by atoms with Crippen LogP contribution in [0.2, 0.25) is 0 Å².